The van der Waals surface area contributed by atoms with E-state index in [0.29, 0.717) is 16.3 Å². The predicted molar refractivity (Wildman–Crippen MR) is 75.7 cm³/mol. The number of anilines is 1. The van der Waals surface area contributed by atoms with Gasteiger partial charge < -0.3 is 5.32 Å². The molecule has 3 rings (SSSR count). The van der Waals surface area contributed by atoms with Gasteiger partial charge in [0.15, 0.2) is 11.0 Å². The lowest BCUT2D eigenvalue weighted by Crippen LogP contribution is -2.15. The van der Waals surface area contributed by atoms with Crippen molar-refractivity contribution in [1.82, 2.24) is 4.98 Å². The van der Waals surface area contributed by atoms with Crippen LogP contribution in [-0.4, -0.2) is 10.9 Å². The van der Waals surface area contributed by atoms with Crippen LogP contribution in [0.1, 0.15) is 17.0 Å². The van der Waals surface area contributed by atoms with Gasteiger partial charge in [-0.1, -0.05) is 29.3 Å². The van der Waals surface area contributed by atoms with Crippen molar-refractivity contribution in [3.8, 4) is 0 Å². The molecule has 2 heterocycles. The third-order valence-electron chi connectivity index (χ3n) is 3.32. The molecule has 0 saturated heterocycles. The van der Waals surface area contributed by atoms with Gasteiger partial charge in [0, 0.05) is 16.9 Å². The first-order valence-corrected chi connectivity index (χ1v) is 6.71. The summed E-state index contributed by atoms with van der Waals surface area (Å²) in [5.74, 6) is -1.20. The van der Waals surface area contributed by atoms with Gasteiger partial charge in [0.1, 0.15) is 0 Å². The fourth-order valence-corrected chi connectivity index (χ4v) is 2.69. The summed E-state index contributed by atoms with van der Waals surface area (Å²) in [6.07, 6.45) is 1.66. The maximum Gasteiger partial charge on any atom is 0.232 e. The number of pyridine rings is 1. The zero-order chi connectivity index (χ0) is 14.3. The van der Waals surface area contributed by atoms with E-state index in [2.05, 4.69) is 10.3 Å². The van der Waals surface area contributed by atoms with Crippen LogP contribution in [-0.2, 0) is 11.2 Å². The van der Waals surface area contributed by atoms with E-state index in [4.69, 9.17) is 23.2 Å². The second-order valence-corrected chi connectivity index (χ2v) is 5.35. The molecule has 3 nitrogen and oxygen atoms in total. The van der Waals surface area contributed by atoms with Crippen molar-refractivity contribution >= 4 is 34.8 Å². The molecule has 1 unspecified atom stereocenters. The Morgan fingerprint density at radius 2 is 2.10 bits per heavy atom. The van der Waals surface area contributed by atoms with E-state index in [-0.39, 0.29) is 17.5 Å². The maximum atomic E-state index is 13.9. The van der Waals surface area contributed by atoms with E-state index in [9.17, 15) is 9.18 Å². The van der Waals surface area contributed by atoms with Gasteiger partial charge in [-0.3, -0.25) is 4.79 Å². The van der Waals surface area contributed by atoms with E-state index in [1.165, 1.54) is 12.3 Å². The van der Waals surface area contributed by atoms with Crippen LogP contribution in [0, 0.1) is 5.82 Å². The Morgan fingerprint density at radius 1 is 1.30 bits per heavy atom. The zero-order valence-electron chi connectivity index (χ0n) is 10.2. The molecular weight excluding hydrogens is 302 g/mol. The predicted octanol–water partition coefficient (Wildman–Crippen LogP) is 3.81. The van der Waals surface area contributed by atoms with Gasteiger partial charge in [0.05, 0.1) is 5.92 Å². The topological polar surface area (TPSA) is 42.0 Å². The summed E-state index contributed by atoms with van der Waals surface area (Å²) in [5, 5.41) is 3.11. The van der Waals surface area contributed by atoms with Crippen LogP contribution in [0.15, 0.2) is 30.5 Å². The molecular formula is C14H9Cl2FN2O. The van der Waals surface area contributed by atoms with Gasteiger partial charge in [-0.15, -0.1) is 0 Å². The lowest BCUT2D eigenvalue weighted by atomic mass is 9.93. The average Bonchev–Trinajstić information content (AvgIpc) is 2.70. The highest BCUT2D eigenvalue weighted by molar-refractivity contribution is 6.31. The number of carbonyl (C=O) groups excluding carboxylic acids is 1. The third kappa shape index (κ3) is 2.25. The number of fused-ring (bicyclic) bond motifs is 1. The summed E-state index contributed by atoms with van der Waals surface area (Å²) in [5.41, 5.74) is 1.85. The Kier molecular flexibility index (Phi) is 3.36. The number of nitrogens with one attached hydrogen (secondary N) is 1. The van der Waals surface area contributed by atoms with Gasteiger partial charge in [-0.25, -0.2) is 9.37 Å². The zero-order valence-corrected chi connectivity index (χ0v) is 11.7. The summed E-state index contributed by atoms with van der Waals surface area (Å²) in [7, 11) is 0. The van der Waals surface area contributed by atoms with Crippen molar-refractivity contribution in [1.29, 1.82) is 0 Å². The number of carbonyl (C=O) groups is 1. The van der Waals surface area contributed by atoms with Crippen molar-refractivity contribution < 1.29 is 9.18 Å². The van der Waals surface area contributed by atoms with Crippen molar-refractivity contribution in [2.45, 2.75) is 12.3 Å². The molecule has 0 radical (unpaired) electrons. The highest BCUT2D eigenvalue weighted by Gasteiger charge is 2.31. The molecule has 1 aromatic heterocycles. The number of benzene rings is 1. The van der Waals surface area contributed by atoms with Gasteiger partial charge in [-0.2, -0.15) is 0 Å². The van der Waals surface area contributed by atoms with E-state index in [1.54, 1.807) is 18.2 Å². The molecule has 102 valence electrons. The second-order valence-electron chi connectivity index (χ2n) is 4.55. The Labute approximate surface area is 124 Å². The SMILES string of the molecule is O=C1Nc2cc(Cl)ccc2C1Cc1ccnc(Cl)c1F. The fourth-order valence-electron chi connectivity index (χ4n) is 2.34. The summed E-state index contributed by atoms with van der Waals surface area (Å²) < 4.78 is 13.9. The summed E-state index contributed by atoms with van der Waals surface area (Å²) in [4.78, 5) is 15.7. The highest BCUT2D eigenvalue weighted by atomic mass is 35.5. The molecule has 0 fully saturated rings. The molecule has 20 heavy (non-hydrogen) atoms. The smallest absolute Gasteiger partial charge is 0.232 e. The van der Waals surface area contributed by atoms with E-state index in [0.717, 1.165) is 5.56 Å². The van der Waals surface area contributed by atoms with Crippen LogP contribution in [0.25, 0.3) is 0 Å². The van der Waals surface area contributed by atoms with Crippen LogP contribution in [0.4, 0.5) is 10.1 Å². The Balaban J connectivity index is 1.96. The molecule has 1 aromatic carbocycles. The first kappa shape index (κ1) is 13.3. The molecule has 1 atom stereocenters. The van der Waals surface area contributed by atoms with Gasteiger partial charge in [0.2, 0.25) is 5.91 Å². The van der Waals surface area contributed by atoms with Gasteiger partial charge >= 0.3 is 0 Å². The van der Waals surface area contributed by atoms with Crippen LogP contribution >= 0.6 is 23.2 Å². The Morgan fingerprint density at radius 3 is 2.90 bits per heavy atom. The molecule has 0 spiro atoms. The van der Waals surface area contributed by atoms with Crippen LogP contribution < -0.4 is 5.32 Å². The first-order valence-electron chi connectivity index (χ1n) is 5.95. The van der Waals surface area contributed by atoms with Crippen molar-refractivity contribution in [2.75, 3.05) is 5.32 Å². The van der Waals surface area contributed by atoms with Crippen LogP contribution in [0.2, 0.25) is 10.2 Å². The van der Waals surface area contributed by atoms with E-state index in [1.807, 2.05) is 0 Å². The van der Waals surface area contributed by atoms with Crippen molar-refractivity contribution in [3.05, 3.63) is 57.6 Å². The third-order valence-corrected chi connectivity index (χ3v) is 3.81. The molecule has 1 aliphatic heterocycles. The van der Waals surface area contributed by atoms with E-state index >= 15 is 0 Å². The summed E-state index contributed by atoms with van der Waals surface area (Å²) >= 11 is 11.5. The Hall–Kier alpha value is -1.65. The largest absolute Gasteiger partial charge is 0.325 e. The minimum Gasteiger partial charge on any atom is -0.325 e. The highest BCUT2D eigenvalue weighted by Crippen LogP contribution is 2.36. The summed E-state index contributed by atoms with van der Waals surface area (Å²) in [6, 6.07) is 6.71. The van der Waals surface area contributed by atoms with Gasteiger partial charge in [-0.05, 0) is 35.7 Å². The number of nitrogens with zero attached hydrogens (tertiary/aromatic N) is 1. The number of hydrogen-bond donors (Lipinski definition) is 1. The van der Waals surface area contributed by atoms with Crippen molar-refractivity contribution in [2.24, 2.45) is 0 Å². The van der Waals surface area contributed by atoms with Crippen molar-refractivity contribution in [3.63, 3.8) is 0 Å². The Bertz CT molecular complexity index is 706. The summed E-state index contributed by atoms with van der Waals surface area (Å²) in [6.45, 7) is 0. The molecule has 0 bridgehead atoms. The lowest BCUT2D eigenvalue weighted by Gasteiger charge is -2.10. The van der Waals surface area contributed by atoms with Crippen LogP contribution in [0.5, 0.6) is 0 Å². The number of aromatic nitrogens is 1. The van der Waals surface area contributed by atoms with E-state index < -0.39 is 11.7 Å². The molecule has 1 amide bonds. The monoisotopic (exact) mass is 310 g/mol. The number of hydrogen-bond acceptors (Lipinski definition) is 2. The maximum absolute atomic E-state index is 13.9. The standard InChI is InChI=1S/C14H9Cl2FN2O/c15-8-1-2-9-10(14(20)19-11(9)6-8)5-7-3-4-18-13(16)12(7)17/h1-4,6,10H,5H2,(H,19,20). The van der Waals surface area contributed by atoms with Gasteiger partial charge in [0.25, 0.3) is 0 Å². The minimum absolute atomic E-state index is 0.172. The van der Waals surface area contributed by atoms with Crippen LogP contribution in [0.3, 0.4) is 0 Å². The molecule has 0 saturated carbocycles. The molecule has 1 N–H and O–H groups in total. The average molecular weight is 311 g/mol. The number of rotatable bonds is 2. The number of amides is 1. The lowest BCUT2D eigenvalue weighted by molar-refractivity contribution is -0.117. The molecule has 0 aliphatic carbocycles. The fraction of sp³-hybridized carbons (Fsp3) is 0.143. The first-order chi connectivity index (χ1) is 9.56. The quantitative estimate of drug-likeness (QED) is 0.857. The second kappa shape index (κ2) is 5.04. The molecule has 1 aliphatic rings. The minimum atomic E-state index is -0.579. The molecule has 2 aromatic rings. The molecule has 6 heteroatoms. The normalized spacial score (nSPS) is 16.9. The number of halogens is 3.